The number of hydrogen-bond donors (Lipinski definition) is 0. The van der Waals surface area contributed by atoms with Gasteiger partial charge in [-0.25, -0.2) is 4.39 Å². The maximum absolute atomic E-state index is 12.7. The van der Waals surface area contributed by atoms with E-state index in [1.54, 1.807) is 0 Å². The van der Waals surface area contributed by atoms with Crippen LogP contribution in [0.2, 0.25) is 5.02 Å². The number of ether oxygens (including phenoxy) is 3. The minimum Gasteiger partial charge on any atom is -0.492 e. The molecule has 0 aromatic heterocycles. The molecule has 88 valence electrons. The van der Waals surface area contributed by atoms with Gasteiger partial charge >= 0.3 is 0 Å². The number of hydrogen-bond acceptors (Lipinski definition) is 3. The van der Waals surface area contributed by atoms with Crippen LogP contribution in [0.25, 0.3) is 0 Å². The van der Waals surface area contributed by atoms with Crippen molar-refractivity contribution >= 4 is 11.6 Å². The lowest BCUT2D eigenvalue weighted by molar-refractivity contribution is -0.0531. The summed E-state index contributed by atoms with van der Waals surface area (Å²) in [5.41, 5.74) is 0. The van der Waals surface area contributed by atoms with Gasteiger partial charge in [0.25, 0.3) is 0 Å². The molecule has 0 N–H and O–H groups in total. The Morgan fingerprint density at radius 1 is 1.38 bits per heavy atom. The number of rotatable bonds is 4. The summed E-state index contributed by atoms with van der Waals surface area (Å²) in [4.78, 5) is 0. The van der Waals surface area contributed by atoms with E-state index < -0.39 is 0 Å². The Hall–Kier alpha value is -0.840. The Kier molecular flexibility index (Phi) is 3.98. The third-order valence-corrected chi connectivity index (χ3v) is 2.49. The molecule has 1 heterocycles. The summed E-state index contributed by atoms with van der Waals surface area (Å²) < 4.78 is 28.6. The predicted octanol–water partition coefficient (Wildman–Crippen LogP) is 2.62. The molecule has 1 aliphatic heterocycles. The van der Waals surface area contributed by atoms with Gasteiger partial charge in [-0.1, -0.05) is 11.6 Å². The van der Waals surface area contributed by atoms with Crippen molar-refractivity contribution in [2.75, 3.05) is 19.8 Å². The van der Waals surface area contributed by atoms with E-state index in [-0.39, 0.29) is 17.1 Å². The van der Waals surface area contributed by atoms with Crippen molar-refractivity contribution in [1.29, 1.82) is 0 Å². The van der Waals surface area contributed by atoms with Crippen LogP contribution in [0.15, 0.2) is 18.2 Å². The van der Waals surface area contributed by atoms with Crippen LogP contribution in [0, 0.1) is 5.82 Å². The molecule has 0 saturated carbocycles. The fourth-order valence-electron chi connectivity index (χ4n) is 1.43. The van der Waals surface area contributed by atoms with Gasteiger partial charge in [0, 0.05) is 6.42 Å². The topological polar surface area (TPSA) is 27.7 Å². The largest absolute Gasteiger partial charge is 0.492 e. The van der Waals surface area contributed by atoms with E-state index in [2.05, 4.69) is 0 Å². The van der Waals surface area contributed by atoms with E-state index in [9.17, 15) is 4.39 Å². The Bertz CT molecular complexity index is 353. The fraction of sp³-hybridized carbons (Fsp3) is 0.455. The van der Waals surface area contributed by atoms with Gasteiger partial charge in [0.2, 0.25) is 0 Å². The third kappa shape index (κ3) is 3.07. The van der Waals surface area contributed by atoms with Crippen LogP contribution in [0.3, 0.4) is 0 Å². The smallest absolute Gasteiger partial charge is 0.161 e. The second-order valence-corrected chi connectivity index (χ2v) is 3.79. The normalized spacial score (nSPS) is 16.6. The van der Waals surface area contributed by atoms with Crippen LogP contribution in [0.5, 0.6) is 5.75 Å². The first-order valence-corrected chi connectivity index (χ1v) is 5.44. The lowest BCUT2D eigenvalue weighted by Gasteiger charge is -2.11. The molecule has 1 saturated heterocycles. The van der Waals surface area contributed by atoms with E-state index in [0.717, 1.165) is 0 Å². The monoisotopic (exact) mass is 246 g/mol. The predicted molar refractivity (Wildman–Crippen MR) is 57.2 cm³/mol. The van der Waals surface area contributed by atoms with Crippen molar-refractivity contribution < 1.29 is 18.6 Å². The van der Waals surface area contributed by atoms with Crippen molar-refractivity contribution in [2.24, 2.45) is 0 Å². The maximum atomic E-state index is 12.7. The van der Waals surface area contributed by atoms with Gasteiger partial charge in [0.1, 0.15) is 11.6 Å². The second kappa shape index (κ2) is 5.48. The molecule has 5 heteroatoms. The molecular formula is C11H12ClFO3. The molecule has 0 amide bonds. The number of benzene rings is 1. The Labute approximate surface area is 98.1 Å². The van der Waals surface area contributed by atoms with Crippen LogP contribution in [0.4, 0.5) is 4.39 Å². The Morgan fingerprint density at radius 2 is 2.12 bits per heavy atom. The molecule has 0 radical (unpaired) electrons. The lowest BCUT2D eigenvalue weighted by Crippen LogP contribution is -2.12. The second-order valence-electron chi connectivity index (χ2n) is 3.38. The van der Waals surface area contributed by atoms with E-state index >= 15 is 0 Å². The van der Waals surface area contributed by atoms with E-state index in [0.29, 0.717) is 32.0 Å². The molecule has 1 aromatic rings. The first kappa shape index (κ1) is 11.6. The first-order valence-electron chi connectivity index (χ1n) is 5.07. The zero-order chi connectivity index (χ0) is 11.4. The highest BCUT2D eigenvalue weighted by Crippen LogP contribution is 2.25. The fourth-order valence-corrected chi connectivity index (χ4v) is 1.65. The lowest BCUT2D eigenvalue weighted by atomic mass is 10.3. The van der Waals surface area contributed by atoms with Crippen molar-refractivity contribution in [1.82, 2.24) is 0 Å². The van der Waals surface area contributed by atoms with Crippen LogP contribution >= 0.6 is 11.6 Å². The highest BCUT2D eigenvalue weighted by Gasteiger charge is 2.15. The Morgan fingerprint density at radius 3 is 2.81 bits per heavy atom. The molecule has 1 aromatic carbocycles. The first-order chi connectivity index (χ1) is 7.75. The Balaban J connectivity index is 1.80. The van der Waals surface area contributed by atoms with Gasteiger partial charge in [0.05, 0.1) is 24.8 Å². The van der Waals surface area contributed by atoms with Gasteiger partial charge in [0.15, 0.2) is 6.29 Å². The van der Waals surface area contributed by atoms with E-state index in [1.807, 2.05) is 0 Å². The molecule has 0 aliphatic carbocycles. The zero-order valence-corrected chi connectivity index (χ0v) is 9.37. The number of halogens is 2. The van der Waals surface area contributed by atoms with Crippen molar-refractivity contribution in [3.05, 3.63) is 29.0 Å². The third-order valence-electron chi connectivity index (χ3n) is 2.20. The van der Waals surface area contributed by atoms with Crippen LogP contribution in [-0.4, -0.2) is 26.1 Å². The summed E-state index contributed by atoms with van der Waals surface area (Å²) in [7, 11) is 0. The van der Waals surface area contributed by atoms with Crippen molar-refractivity contribution in [3.63, 3.8) is 0 Å². The SMILES string of the molecule is Fc1ccc(OCCC2OCCO2)c(Cl)c1. The summed E-state index contributed by atoms with van der Waals surface area (Å²) in [6.07, 6.45) is 0.437. The van der Waals surface area contributed by atoms with Gasteiger partial charge in [-0.15, -0.1) is 0 Å². The van der Waals surface area contributed by atoms with E-state index in [1.165, 1.54) is 18.2 Å². The van der Waals surface area contributed by atoms with Crippen LogP contribution < -0.4 is 4.74 Å². The van der Waals surface area contributed by atoms with Gasteiger partial charge in [-0.2, -0.15) is 0 Å². The molecule has 2 rings (SSSR count). The zero-order valence-electron chi connectivity index (χ0n) is 8.62. The molecule has 0 unspecified atom stereocenters. The minimum atomic E-state index is -0.375. The van der Waals surface area contributed by atoms with E-state index in [4.69, 9.17) is 25.8 Å². The summed E-state index contributed by atoms with van der Waals surface area (Å²) >= 11 is 5.80. The average molecular weight is 247 g/mol. The van der Waals surface area contributed by atoms with Crippen LogP contribution in [0.1, 0.15) is 6.42 Å². The summed E-state index contributed by atoms with van der Waals surface area (Å²) in [6, 6.07) is 4.04. The van der Waals surface area contributed by atoms with Crippen molar-refractivity contribution in [3.8, 4) is 5.75 Å². The molecule has 0 bridgehead atoms. The molecule has 16 heavy (non-hydrogen) atoms. The molecule has 0 atom stereocenters. The highest BCUT2D eigenvalue weighted by molar-refractivity contribution is 6.32. The molecule has 0 spiro atoms. The van der Waals surface area contributed by atoms with Crippen LogP contribution in [-0.2, 0) is 9.47 Å². The summed E-state index contributed by atoms with van der Waals surface area (Å²) in [6.45, 7) is 1.68. The molecular weight excluding hydrogens is 235 g/mol. The summed E-state index contributed by atoms with van der Waals surface area (Å²) in [5, 5.41) is 0.272. The van der Waals surface area contributed by atoms with Gasteiger partial charge in [-0.05, 0) is 18.2 Å². The summed E-state index contributed by atoms with van der Waals surface area (Å²) in [5.74, 6) is 0.0980. The average Bonchev–Trinajstić information content (AvgIpc) is 2.74. The van der Waals surface area contributed by atoms with Gasteiger partial charge < -0.3 is 14.2 Å². The van der Waals surface area contributed by atoms with Gasteiger partial charge in [-0.3, -0.25) is 0 Å². The molecule has 1 fully saturated rings. The quantitative estimate of drug-likeness (QED) is 0.817. The molecule has 3 nitrogen and oxygen atoms in total. The standard InChI is InChI=1S/C11H12ClFO3/c12-9-7-8(13)1-2-10(9)14-4-3-11-15-5-6-16-11/h1-2,7,11H,3-6H2. The molecule has 1 aliphatic rings. The maximum Gasteiger partial charge on any atom is 0.161 e. The minimum absolute atomic E-state index is 0.195. The van der Waals surface area contributed by atoms with Crippen molar-refractivity contribution in [2.45, 2.75) is 12.7 Å². The highest BCUT2D eigenvalue weighted by atomic mass is 35.5.